The van der Waals surface area contributed by atoms with Crippen molar-refractivity contribution in [3.05, 3.63) is 34.9 Å². The van der Waals surface area contributed by atoms with Crippen molar-refractivity contribution >= 4 is 27.4 Å². The molecule has 0 unspecified atom stereocenters. The number of esters is 1. The van der Waals surface area contributed by atoms with Gasteiger partial charge in [-0.2, -0.15) is 0 Å². The molecule has 1 aromatic rings. The van der Waals surface area contributed by atoms with Crippen LogP contribution in [0, 0.1) is 0 Å². The van der Waals surface area contributed by atoms with E-state index in [1.165, 1.54) is 0 Å². The second-order valence-electron chi connectivity index (χ2n) is 3.77. The summed E-state index contributed by atoms with van der Waals surface area (Å²) >= 11 is 5.71. The monoisotopic (exact) mass is 290 g/mol. The summed E-state index contributed by atoms with van der Waals surface area (Å²) in [6.45, 7) is 1.94. The number of hydrogen-bond donors (Lipinski definition) is 0. The van der Waals surface area contributed by atoms with E-state index in [9.17, 15) is 13.2 Å². The van der Waals surface area contributed by atoms with Crippen molar-refractivity contribution in [3.63, 3.8) is 0 Å². The van der Waals surface area contributed by atoms with Gasteiger partial charge >= 0.3 is 5.97 Å². The molecule has 0 saturated carbocycles. The van der Waals surface area contributed by atoms with Crippen molar-refractivity contribution < 1.29 is 17.9 Å². The molecule has 0 heterocycles. The highest BCUT2D eigenvalue weighted by molar-refractivity contribution is 7.90. The van der Waals surface area contributed by atoms with E-state index in [0.29, 0.717) is 10.6 Å². The Labute approximate surface area is 112 Å². The van der Waals surface area contributed by atoms with Crippen molar-refractivity contribution in [1.29, 1.82) is 0 Å². The molecular weight excluding hydrogens is 276 g/mol. The molecule has 0 amide bonds. The second-order valence-corrected chi connectivity index (χ2v) is 6.39. The predicted octanol–water partition coefficient (Wildman–Crippen LogP) is 2.21. The van der Waals surface area contributed by atoms with Crippen molar-refractivity contribution in [3.8, 4) is 0 Å². The number of sulfone groups is 1. The van der Waals surface area contributed by atoms with Crippen LogP contribution in [0.1, 0.15) is 18.9 Å². The number of halogens is 1. The molecule has 1 aromatic carbocycles. The van der Waals surface area contributed by atoms with Crippen LogP contribution >= 0.6 is 11.6 Å². The summed E-state index contributed by atoms with van der Waals surface area (Å²) in [7, 11) is -3.30. The third-order valence-corrected chi connectivity index (χ3v) is 4.07. The van der Waals surface area contributed by atoms with Gasteiger partial charge in [-0.1, -0.05) is 23.7 Å². The molecule has 0 aliphatic carbocycles. The van der Waals surface area contributed by atoms with Crippen molar-refractivity contribution in [2.75, 3.05) is 12.4 Å². The van der Waals surface area contributed by atoms with Gasteiger partial charge in [-0.15, -0.1) is 0 Å². The maximum atomic E-state index is 11.8. The van der Waals surface area contributed by atoms with Crippen LogP contribution in [0.25, 0.3) is 0 Å². The molecule has 6 heteroatoms. The zero-order valence-electron chi connectivity index (χ0n) is 10.1. The van der Waals surface area contributed by atoms with E-state index >= 15 is 0 Å². The van der Waals surface area contributed by atoms with Gasteiger partial charge in [0.1, 0.15) is 0 Å². The molecule has 0 spiro atoms. The SMILES string of the molecule is CCOC(=O)CCS(=O)(=O)Cc1ccc(Cl)cc1. The van der Waals surface area contributed by atoms with Crippen LogP contribution in [-0.4, -0.2) is 26.7 Å². The largest absolute Gasteiger partial charge is 0.466 e. The maximum absolute atomic E-state index is 11.8. The Morgan fingerprint density at radius 3 is 2.44 bits per heavy atom. The van der Waals surface area contributed by atoms with Crippen molar-refractivity contribution in [1.82, 2.24) is 0 Å². The first kappa shape index (κ1) is 15.0. The minimum Gasteiger partial charge on any atom is -0.466 e. The van der Waals surface area contributed by atoms with Crippen molar-refractivity contribution in [2.45, 2.75) is 19.1 Å². The highest BCUT2D eigenvalue weighted by atomic mass is 35.5. The summed E-state index contributed by atoms with van der Waals surface area (Å²) < 4.78 is 28.2. The van der Waals surface area contributed by atoms with Crippen LogP contribution in [0.2, 0.25) is 5.02 Å². The number of carbonyl (C=O) groups is 1. The molecule has 0 bridgehead atoms. The lowest BCUT2D eigenvalue weighted by atomic mass is 10.2. The highest BCUT2D eigenvalue weighted by Crippen LogP contribution is 2.13. The molecule has 100 valence electrons. The predicted molar refractivity (Wildman–Crippen MR) is 70.2 cm³/mol. The van der Waals surface area contributed by atoms with E-state index in [1.807, 2.05) is 0 Å². The normalized spacial score (nSPS) is 11.2. The molecule has 18 heavy (non-hydrogen) atoms. The fourth-order valence-electron chi connectivity index (χ4n) is 1.38. The quantitative estimate of drug-likeness (QED) is 0.754. The Bertz CT molecular complexity index is 493. The lowest BCUT2D eigenvalue weighted by Gasteiger charge is -2.05. The van der Waals surface area contributed by atoms with Gasteiger partial charge in [0.05, 0.1) is 24.5 Å². The van der Waals surface area contributed by atoms with Gasteiger partial charge in [0.2, 0.25) is 0 Å². The van der Waals surface area contributed by atoms with Gasteiger partial charge in [-0.25, -0.2) is 8.42 Å². The lowest BCUT2D eigenvalue weighted by molar-refractivity contribution is -0.142. The summed E-state index contributed by atoms with van der Waals surface area (Å²) in [6.07, 6.45) is -0.107. The number of carbonyl (C=O) groups excluding carboxylic acids is 1. The molecule has 0 radical (unpaired) electrons. The molecule has 4 nitrogen and oxygen atoms in total. The highest BCUT2D eigenvalue weighted by Gasteiger charge is 2.15. The molecule has 0 aliphatic rings. The molecule has 0 atom stereocenters. The smallest absolute Gasteiger partial charge is 0.306 e. The maximum Gasteiger partial charge on any atom is 0.306 e. The van der Waals surface area contributed by atoms with Crippen LogP contribution in [0.5, 0.6) is 0 Å². The fraction of sp³-hybridized carbons (Fsp3) is 0.417. The Hall–Kier alpha value is -1.07. The summed E-state index contributed by atoms with van der Waals surface area (Å²) in [5, 5.41) is 0.558. The number of benzene rings is 1. The fourth-order valence-corrected chi connectivity index (χ4v) is 2.83. The third-order valence-electron chi connectivity index (χ3n) is 2.22. The van der Waals surface area contributed by atoms with Crippen LogP contribution in [0.15, 0.2) is 24.3 Å². The lowest BCUT2D eigenvalue weighted by Crippen LogP contribution is -2.14. The average molecular weight is 291 g/mol. The van der Waals surface area contributed by atoms with Crippen LogP contribution in [-0.2, 0) is 25.1 Å². The molecule has 0 aromatic heterocycles. The Kier molecular flexibility index (Phi) is 5.62. The summed E-state index contributed by atoms with van der Waals surface area (Å²) in [4.78, 5) is 11.1. The van der Waals surface area contributed by atoms with E-state index in [1.54, 1.807) is 31.2 Å². The molecule has 1 rings (SSSR count). The van der Waals surface area contributed by atoms with E-state index < -0.39 is 15.8 Å². The Morgan fingerprint density at radius 2 is 1.89 bits per heavy atom. The van der Waals surface area contributed by atoms with E-state index in [4.69, 9.17) is 11.6 Å². The molecule has 0 aliphatic heterocycles. The first-order valence-corrected chi connectivity index (χ1v) is 7.73. The van der Waals surface area contributed by atoms with Gasteiger partial charge in [0.15, 0.2) is 9.84 Å². The zero-order valence-corrected chi connectivity index (χ0v) is 11.6. The number of rotatable bonds is 6. The third kappa shape index (κ3) is 5.51. The van der Waals surface area contributed by atoms with Gasteiger partial charge in [-0.3, -0.25) is 4.79 Å². The Balaban J connectivity index is 2.54. The first-order chi connectivity index (χ1) is 8.43. The first-order valence-electron chi connectivity index (χ1n) is 5.53. The second kappa shape index (κ2) is 6.75. The average Bonchev–Trinajstić information content (AvgIpc) is 2.30. The van der Waals surface area contributed by atoms with E-state index in [2.05, 4.69) is 4.74 Å². The molecular formula is C12H15ClO4S. The molecule has 0 N–H and O–H groups in total. The standard InChI is InChI=1S/C12H15ClO4S/c1-2-17-12(14)7-8-18(15,16)9-10-3-5-11(13)6-4-10/h3-6H,2,7-9H2,1H3. The van der Waals surface area contributed by atoms with Crippen LogP contribution in [0.4, 0.5) is 0 Å². The van der Waals surface area contributed by atoms with Gasteiger partial charge in [-0.05, 0) is 24.6 Å². The van der Waals surface area contributed by atoms with E-state index in [0.717, 1.165) is 0 Å². The van der Waals surface area contributed by atoms with Crippen LogP contribution in [0.3, 0.4) is 0 Å². The summed E-state index contributed by atoms with van der Waals surface area (Å²) in [5.74, 6) is -0.782. The van der Waals surface area contributed by atoms with Gasteiger partial charge < -0.3 is 4.74 Å². The van der Waals surface area contributed by atoms with Crippen LogP contribution < -0.4 is 0 Å². The van der Waals surface area contributed by atoms with Crippen molar-refractivity contribution in [2.24, 2.45) is 0 Å². The molecule has 0 fully saturated rings. The minimum atomic E-state index is -3.30. The Morgan fingerprint density at radius 1 is 1.28 bits per heavy atom. The zero-order chi connectivity index (χ0) is 13.6. The number of ether oxygens (including phenoxy) is 1. The van der Waals surface area contributed by atoms with Gasteiger partial charge in [0.25, 0.3) is 0 Å². The number of hydrogen-bond acceptors (Lipinski definition) is 4. The summed E-state index contributed by atoms with van der Waals surface area (Å²) in [6, 6.07) is 6.59. The minimum absolute atomic E-state index is 0.0937. The summed E-state index contributed by atoms with van der Waals surface area (Å²) in [5.41, 5.74) is 0.656. The topological polar surface area (TPSA) is 60.4 Å². The molecule has 0 saturated heterocycles. The van der Waals surface area contributed by atoms with Gasteiger partial charge in [0, 0.05) is 5.02 Å². The van der Waals surface area contributed by atoms with E-state index in [-0.39, 0.29) is 24.5 Å².